The second-order valence-electron chi connectivity index (χ2n) is 5.30. The van der Waals surface area contributed by atoms with Crippen molar-refractivity contribution in [1.82, 2.24) is 5.32 Å². The number of carbonyl (C=O) groups excluding carboxylic acids is 2. The molecule has 0 saturated carbocycles. The minimum absolute atomic E-state index is 0.188. The lowest BCUT2D eigenvalue weighted by Crippen LogP contribution is -2.46. The van der Waals surface area contributed by atoms with Crippen LogP contribution in [0.5, 0.6) is 0 Å². The zero-order valence-electron chi connectivity index (χ0n) is 12.2. The van der Waals surface area contributed by atoms with Crippen LogP contribution in [0.15, 0.2) is 24.3 Å². The lowest BCUT2D eigenvalue weighted by Gasteiger charge is -2.24. The SMILES string of the molecule is CC(=O)Nc1cccc(NC(=O)NC(C)(C)CC(=O)O)c1. The number of carboxylic acid groups (broad SMARTS) is 1. The summed E-state index contributed by atoms with van der Waals surface area (Å²) in [7, 11) is 0. The van der Waals surface area contributed by atoms with Crippen LogP contribution in [-0.4, -0.2) is 28.6 Å². The second kappa shape index (κ2) is 6.74. The van der Waals surface area contributed by atoms with E-state index in [9.17, 15) is 14.4 Å². The number of urea groups is 1. The Labute approximate surface area is 122 Å². The van der Waals surface area contributed by atoms with E-state index in [2.05, 4.69) is 16.0 Å². The summed E-state index contributed by atoms with van der Waals surface area (Å²) in [5.74, 6) is -1.20. The number of amides is 3. The van der Waals surface area contributed by atoms with Gasteiger partial charge in [0, 0.05) is 23.8 Å². The highest BCUT2D eigenvalue weighted by atomic mass is 16.4. The number of hydrogen-bond donors (Lipinski definition) is 4. The fraction of sp³-hybridized carbons (Fsp3) is 0.357. The summed E-state index contributed by atoms with van der Waals surface area (Å²) in [5.41, 5.74) is 0.181. The smallest absolute Gasteiger partial charge is 0.319 e. The minimum Gasteiger partial charge on any atom is -0.481 e. The van der Waals surface area contributed by atoms with Crippen LogP contribution >= 0.6 is 0 Å². The van der Waals surface area contributed by atoms with Crippen molar-refractivity contribution in [1.29, 1.82) is 0 Å². The van der Waals surface area contributed by atoms with Gasteiger partial charge in [-0.05, 0) is 32.0 Å². The zero-order chi connectivity index (χ0) is 16.0. The highest BCUT2D eigenvalue weighted by Gasteiger charge is 2.23. The number of carboxylic acids is 1. The first-order valence-electron chi connectivity index (χ1n) is 6.36. The number of rotatable bonds is 5. The lowest BCUT2D eigenvalue weighted by atomic mass is 10.0. The molecule has 4 N–H and O–H groups in total. The topological polar surface area (TPSA) is 108 Å². The van der Waals surface area contributed by atoms with Gasteiger partial charge in [-0.3, -0.25) is 9.59 Å². The lowest BCUT2D eigenvalue weighted by molar-refractivity contribution is -0.138. The fourth-order valence-corrected chi connectivity index (χ4v) is 1.77. The standard InChI is InChI=1S/C14H19N3O4/c1-9(18)15-10-5-4-6-11(7-10)16-13(21)17-14(2,3)8-12(19)20/h4-7H,8H2,1-3H3,(H,15,18)(H,19,20)(H2,16,17,21). The molecule has 1 aromatic rings. The van der Waals surface area contributed by atoms with Crippen LogP contribution < -0.4 is 16.0 Å². The molecule has 0 aliphatic rings. The fourth-order valence-electron chi connectivity index (χ4n) is 1.77. The first-order valence-corrected chi connectivity index (χ1v) is 6.36. The Bertz CT molecular complexity index is 555. The third kappa shape index (κ3) is 6.42. The molecule has 1 rings (SSSR count). The predicted octanol–water partition coefficient (Wildman–Crippen LogP) is 2.02. The monoisotopic (exact) mass is 293 g/mol. The first kappa shape index (κ1) is 16.5. The van der Waals surface area contributed by atoms with Crippen molar-refractivity contribution in [3.8, 4) is 0 Å². The van der Waals surface area contributed by atoms with Gasteiger partial charge in [0.25, 0.3) is 0 Å². The molecular formula is C14H19N3O4. The normalized spacial score (nSPS) is 10.6. The van der Waals surface area contributed by atoms with Gasteiger partial charge in [0.1, 0.15) is 0 Å². The third-order valence-corrected chi connectivity index (χ3v) is 2.49. The third-order valence-electron chi connectivity index (χ3n) is 2.49. The van der Waals surface area contributed by atoms with Gasteiger partial charge in [0.15, 0.2) is 0 Å². The summed E-state index contributed by atoms with van der Waals surface area (Å²) in [4.78, 5) is 33.5. The van der Waals surface area contributed by atoms with E-state index < -0.39 is 17.5 Å². The summed E-state index contributed by atoms with van der Waals surface area (Å²) >= 11 is 0. The van der Waals surface area contributed by atoms with Crippen LogP contribution in [0.4, 0.5) is 16.2 Å². The maximum absolute atomic E-state index is 11.8. The number of nitrogens with one attached hydrogen (secondary N) is 3. The second-order valence-corrected chi connectivity index (χ2v) is 5.30. The molecule has 3 amide bonds. The van der Waals surface area contributed by atoms with Crippen LogP contribution in [0.3, 0.4) is 0 Å². The van der Waals surface area contributed by atoms with Crippen LogP contribution in [0, 0.1) is 0 Å². The van der Waals surface area contributed by atoms with Crippen molar-refractivity contribution in [2.24, 2.45) is 0 Å². The highest BCUT2D eigenvalue weighted by molar-refractivity contribution is 5.92. The Morgan fingerprint density at radius 2 is 1.71 bits per heavy atom. The summed E-state index contributed by atoms with van der Waals surface area (Å²) < 4.78 is 0. The molecule has 0 unspecified atom stereocenters. The van der Waals surface area contributed by atoms with Gasteiger partial charge in [-0.1, -0.05) is 6.07 Å². The van der Waals surface area contributed by atoms with Crippen molar-refractivity contribution in [3.05, 3.63) is 24.3 Å². The summed E-state index contributed by atoms with van der Waals surface area (Å²) in [6, 6.07) is 6.13. The van der Waals surface area contributed by atoms with Crippen molar-refractivity contribution in [2.75, 3.05) is 10.6 Å². The van der Waals surface area contributed by atoms with Gasteiger partial charge >= 0.3 is 12.0 Å². The van der Waals surface area contributed by atoms with Crippen LogP contribution in [0.25, 0.3) is 0 Å². The number of aliphatic carboxylic acids is 1. The molecule has 0 bridgehead atoms. The molecule has 114 valence electrons. The average Bonchev–Trinajstić information content (AvgIpc) is 2.24. The molecule has 0 heterocycles. The molecule has 7 nitrogen and oxygen atoms in total. The Hall–Kier alpha value is -2.57. The molecule has 0 saturated heterocycles. The van der Waals surface area contributed by atoms with E-state index in [4.69, 9.17) is 5.11 Å². The average molecular weight is 293 g/mol. The van der Waals surface area contributed by atoms with E-state index in [0.29, 0.717) is 11.4 Å². The van der Waals surface area contributed by atoms with E-state index >= 15 is 0 Å². The van der Waals surface area contributed by atoms with E-state index in [0.717, 1.165) is 0 Å². The molecule has 0 atom stereocenters. The van der Waals surface area contributed by atoms with Crippen molar-refractivity contribution in [3.63, 3.8) is 0 Å². The maximum Gasteiger partial charge on any atom is 0.319 e. The van der Waals surface area contributed by atoms with Gasteiger partial charge in [-0.15, -0.1) is 0 Å². The number of benzene rings is 1. The van der Waals surface area contributed by atoms with Crippen LogP contribution in [0.2, 0.25) is 0 Å². The van der Waals surface area contributed by atoms with Gasteiger partial charge in [-0.2, -0.15) is 0 Å². The van der Waals surface area contributed by atoms with Gasteiger partial charge in [0.2, 0.25) is 5.91 Å². The van der Waals surface area contributed by atoms with Gasteiger partial charge in [0.05, 0.1) is 6.42 Å². The van der Waals surface area contributed by atoms with Crippen LogP contribution in [-0.2, 0) is 9.59 Å². The molecule has 0 aromatic heterocycles. The van der Waals surface area contributed by atoms with E-state index in [1.54, 1.807) is 38.1 Å². The first-order chi connectivity index (χ1) is 9.68. The van der Waals surface area contributed by atoms with Gasteiger partial charge < -0.3 is 21.1 Å². The zero-order valence-corrected chi connectivity index (χ0v) is 12.2. The largest absolute Gasteiger partial charge is 0.481 e. The van der Waals surface area contributed by atoms with E-state index in [1.165, 1.54) is 6.92 Å². The van der Waals surface area contributed by atoms with Crippen LogP contribution in [0.1, 0.15) is 27.2 Å². The Morgan fingerprint density at radius 3 is 2.24 bits per heavy atom. The quantitative estimate of drug-likeness (QED) is 0.666. The van der Waals surface area contributed by atoms with E-state index in [-0.39, 0.29) is 12.3 Å². The molecular weight excluding hydrogens is 274 g/mol. The van der Waals surface area contributed by atoms with Crippen molar-refractivity contribution in [2.45, 2.75) is 32.7 Å². The summed E-state index contributed by atoms with van der Waals surface area (Å²) in [5, 5.41) is 16.5. The number of hydrogen-bond acceptors (Lipinski definition) is 3. The molecule has 0 aliphatic carbocycles. The predicted molar refractivity (Wildman–Crippen MR) is 79.2 cm³/mol. The molecule has 0 fully saturated rings. The van der Waals surface area contributed by atoms with E-state index in [1.807, 2.05) is 0 Å². The molecule has 0 radical (unpaired) electrons. The molecule has 1 aromatic carbocycles. The molecule has 0 spiro atoms. The van der Waals surface area contributed by atoms with Crippen molar-refractivity contribution >= 4 is 29.3 Å². The Kier molecular flexibility index (Phi) is 5.29. The minimum atomic E-state index is -0.993. The Balaban J connectivity index is 2.66. The highest BCUT2D eigenvalue weighted by Crippen LogP contribution is 2.15. The molecule has 7 heteroatoms. The maximum atomic E-state index is 11.8. The summed E-state index contributed by atoms with van der Waals surface area (Å²) in [6.07, 6.45) is -0.188. The number of carbonyl (C=O) groups is 3. The van der Waals surface area contributed by atoms with Gasteiger partial charge in [-0.25, -0.2) is 4.79 Å². The molecule has 0 aliphatic heterocycles. The number of anilines is 2. The van der Waals surface area contributed by atoms with Crippen molar-refractivity contribution < 1.29 is 19.5 Å². The Morgan fingerprint density at radius 1 is 1.14 bits per heavy atom. The summed E-state index contributed by atoms with van der Waals surface area (Å²) in [6.45, 7) is 4.63. The molecule has 21 heavy (non-hydrogen) atoms.